The SMILES string of the molecule is COC(=O)c1ccc(Cn2cc(NC(=O)Nc3c(Cl)cccc3Cl)cn2)o1. The number of nitrogens with one attached hydrogen (secondary N) is 2. The zero-order valence-corrected chi connectivity index (χ0v) is 15.5. The lowest BCUT2D eigenvalue weighted by atomic mass is 10.3. The highest BCUT2D eigenvalue weighted by atomic mass is 35.5. The maximum absolute atomic E-state index is 12.1. The van der Waals surface area contributed by atoms with Crippen molar-refractivity contribution in [3.8, 4) is 0 Å². The number of esters is 1. The van der Waals surface area contributed by atoms with E-state index in [-0.39, 0.29) is 12.3 Å². The first-order chi connectivity index (χ1) is 13.0. The molecule has 0 radical (unpaired) electrons. The molecule has 0 aliphatic heterocycles. The number of nitrogens with zero attached hydrogens (tertiary/aromatic N) is 2. The van der Waals surface area contributed by atoms with Gasteiger partial charge in [-0.1, -0.05) is 29.3 Å². The molecule has 10 heteroatoms. The molecule has 2 heterocycles. The number of benzene rings is 1. The average molecular weight is 409 g/mol. The van der Waals surface area contributed by atoms with Crippen molar-refractivity contribution in [1.82, 2.24) is 9.78 Å². The van der Waals surface area contributed by atoms with Crippen molar-refractivity contribution in [2.75, 3.05) is 17.7 Å². The van der Waals surface area contributed by atoms with Gasteiger partial charge in [-0.3, -0.25) is 4.68 Å². The predicted molar refractivity (Wildman–Crippen MR) is 100 cm³/mol. The minimum Gasteiger partial charge on any atom is -0.463 e. The molecular formula is C17H14Cl2N4O4. The van der Waals surface area contributed by atoms with Crippen LogP contribution in [-0.2, 0) is 11.3 Å². The number of hydrogen-bond donors (Lipinski definition) is 2. The van der Waals surface area contributed by atoms with Gasteiger partial charge in [0.05, 0.1) is 41.3 Å². The van der Waals surface area contributed by atoms with Crippen LogP contribution in [0.15, 0.2) is 47.1 Å². The lowest BCUT2D eigenvalue weighted by Crippen LogP contribution is -2.19. The third kappa shape index (κ3) is 4.60. The van der Waals surface area contributed by atoms with Crippen LogP contribution in [0.2, 0.25) is 10.0 Å². The third-order valence-corrected chi connectivity index (χ3v) is 4.09. The van der Waals surface area contributed by atoms with E-state index in [0.717, 1.165) is 0 Å². The fraction of sp³-hybridized carbons (Fsp3) is 0.118. The molecule has 0 fully saturated rings. The van der Waals surface area contributed by atoms with E-state index in [0.29, 0.717) is 27.2 Å². The predicted octanol–water partition coefficient (Wildman–Crippen LogP) is 4.26. The Kier molecular flexibility index (Phi) is 5.68. The lowest BCUT2D eigenvalue weighted by Gasteiger charge is -2.09. The fourth-order valence-electron chi connectivity index (χ4n) is 2.24. The van der Waals surface area contributed by atoms with E-state index in [9.17, 15) is 9.59 Å². The first kappa shape index (κ1) is 18.8. The summed E-state index contributed by atoms with van der Waals surface area (Å²) in [6, 6.07) is 7.56. The molecule has 0 unspecified atom stereocenters. The highest BCUT2D eigenvalue weighted by Gasteiger charge is 2.13. The maximum atomic E-state index is 12.1. The highest BCUT2D eigenvalue weighted by molar-refractivity contribution is 6.39. The molecule has 0 saturated carbocycles. The van der Waals surface area contributed by atoms with Crippen molar-refractivity contribution in [1.29, 1.82) is 0 Å². The number of rotatable bonds is 5. The quantitative estimate of drug-likeness (QED) is 0.614. The summed E-state index contributed by atoms with van der Waals surface area (Å²) in [5.74, 6) is 0.0605. The van der Waals surface area contributed by atoms with Crippen LogP contribution in [0.3, 0.4) is 0 Å². The number of para-hydroxylation sites is 1. The number of aromatic nitrogens is 2. The molecule has 0 saturated heterocycles. The van der Waals surface area contributed by atoms with Gasteiger partial charge in [0, 0.05) is 6.20 Å². The van der Waals surface area contributed by atoms with Crippen LogP contribution in [0.1, 0.15) is 16.3 Å². The van der Waals surface area contributed by atoms with Crippen LogP contribution >= 0.6 is 23.2 Å². The minimum absolute atomic E-state index is 0.106. The van der Waals surface area contributed by atoms with Crippen LogP contribution in [0.25, 0.3) is 0 Å². The van der Waals surface area contributed by atoms with Crippen LogP contribution in [0, 0.1) is 0 Å². The molecule has 1 aromatic carbocycles. The van der Waals surface area contributed by atoms with Gasteiger partial charge in [-0.15, -0.1) is 0 Å². The Morgan fingerprint density at radius 1 is 1.19 bits per heavy atom. The molecule has 3 rings (SSSR count). The standard InChI is InChI=1S/C17H14Cl2N4O4/c1-26-16(24)14-6-5-11(27-14)9-23-8-10(7-20-23)21-17(25)22-15-12(18)3-2-4-13(15)19/h2-8H,9H2,1H3,(H2,21,22,25). The van der Waals surface area contributed by atoms with E-state index in [4.69, 9.17) is 27.6 Å². The summed E-state index contributed by atoms with van der Waals surface area (Å²) < 4.78 is 11.5. The molecule has 0 bridgehead atoms. The summed E-state index contributed by atoms with van der Waals surface area (Å²) in [4.78, 5) is 23.5. The maximum Gasteiger partial charge on any atom is 0.373 e. The Morgan fingerprint density at radius 3 is 2.63 bits per heavy atom. The first-order valence-corrected chi connectivity index (χ1v) is 8.43. The summed E-state index contributed by atoms with van der Waals surface area (Å²) >= 11 is 12.0. The minimum atomic E-state index is -0.557. The van der Waals surface area contributed by atoms with Gasteiger partial charge in [0.1, 0.15) is 5.76 Å². The average Bonchev–Trinajstić information content (AvgIpc) is 3.27. The first-order valence-electron chi connectivity index (χ1n) is 7.68. The molecule has 2 N–H and O–H groups in total. The number of carbonyl (C=O) groups excluding carboxylic acids is 2. The van der Waals surface area contributed by atoms with E-state index < -0.39 is 12.0 Å². The van der Waals surface area contributed by atoms with E-state index in [2.05, 4.69) is 20.5 Å². The second-order valence-corrected chi connectivity index (χ2v) is 6.17. The molecule has 2 aromatic heterocycles. The zero-order chi connectivity index (χ0) is 19.4. The number of hydrogen-bond acceptors (Lipinski definition) is 5. The van der Waals surface area contributed by atoms with Gasteiger partial charge in [0.2, 0.25) is 5.76 Å². The second-order valence-electron chi connectivity index (χ2n) is 5.36. The number of halogens is 2. The van der Waals surface area contributed by atoms with E-state index in [1.807, 2.05) is 0 Å². The van der Waals surface area contributed by atoms with Gasteiger partial charge in [0.25, 0.3) is 0 Å². The normalized spacial score (nSPS) is 10.5. The second kappa shape index (κ2) is 8.15. The summed E-state index contributed by atoms with van der Waals surface area (Å²) in [6.45, 7) is 0.274. The van der Waals surface area contributed by atoms with Gasteiger partial charge >= 0.3 is 12.0 Å². The molecule has 0 atom stereocenters. The number of anilines is 2. The molecule has 3 aromatic rings. The topological polar surface area (TPSA) is 98.4 Å². The van der Waals surface area contributed by atoms with Crippen molar-refractivity contribution in [2.24, 2.45) is 0 Å². The summed E-state index contributed by atoms with van der Waals surface area (Å²) in [5, 5.41) is 10.00. The Hall–Kier alpha value is -2.97. The van der Waals surface area contributed by atoms with Gasteiger partial charge in [-0.2, -0.15) is 5.10 Å². The summed E-state index contributed by atoms with van der Waals surface area (Å²) in [7, 11) is 1.27. The van der Waals surface area contributed by atoms with Crippen molar-refractivity contribution >= 4 is 46.6 Å². The Balaban J connectivity index is 1.61. The highest BCUT2D eigenvalue weighted by Crippen LogP contribution is 2.29. The van der Waals surface area contributed by atoms with Crippen LogP contribution in [-0.4, -0.2) is 28.9 Å². The van der Waals surface area contributed by atoms with E-state index >= 15 is 0 Å². The Labute approximate surface area is 164 Å². The van der Waals surface area contributed by atoms with Gasteiger partial charge in [-0.25, -0.2) is 9.59 Å². The molecule has 2 amide bonds. The van der Waals surface area contributed by atoms with Gasteiger partial charge < -0.3 is 19.8 Å². The number of methoxy groups -OCH3 is 1. The lowest BCUT2D eigenvalue weighted by molar-refractivity contribution is 0.0562. The Bertz CT molecular complexity index is 963. The van der Waals surface area contributed by atoms with E-state index in [1.54, 1.807) is 30.5 Å². The molecule has 140 valence electrons. The largest absolute Gasteiger partial charge is 0.463 e. The van der Waals surface area contributed by atoms with Crippen molar-refractivity contribution in [2.45, 2.75) is 6.54 Å². The Morgan fingerprint density at radius 2 is 1.93 bits per heavy atom. The zero-order valence-electron chi connectivity index (χ0n) is 14.0. The number of carbonyl (C=O) groups is 2. The molecular weight excluding hydrogens is 395 g/mol. The number of ether oxygens (including phenoxy) is 1. The number of amides is 2. The van der Waals surface area contributed by atoms with Crippen LogP contribution in [0.5, 0.6) is 0 Å². The van der Waals surface area contributed by atoms with Crippen LogP contribution < -0.4 is 10.6 Å². The smallest absolute Gasteiger partial charge is 0.373 e. The summed E-state index contributed by atoms with van der Waals surface area (Å²) in [6.07, 6.45) is 3.08. The van der Waals surface area contributed by atoms with Gasteiger partial charge in [-0.05, 0) is 24.3 Å². The van der Waals surface area contributed by atoms with E-state index in [1.165, 1.54) is 24.1 Å². The van der Waals surface area contributed by atoms with Crippen LogP contribution in [0.4, 0.5) is 16.2 Å². The number of urea groups is 1. The van der Waals surface area contributed by atoms with Crippen molar-refractivity contribution in [3.05, 3.63) is 64.3 Å². The monoisotopic (exact) mass is 408 g/mol. The third-order valence-electron chi connectivity index (χ3n) is 3.46. The van der Waals surface area contributed by atoms with Crippen molar-refractivity contribution < 1.29 is 18.7 Å². The van der Waals surface area contributed by atoms with Gasteiger partial charge in [0.15, 0.2) is 0 Å². The molecule has 0 aliphatic rings. The summed E-state index contributed by atoms with van der Waals surface area (Å²) in [5.41, 5.74) is 0.770. The number of furan rings is 1. The molecule has 0 spiro atoms. The molecule has 8 nitrogen and oxygen atoms in total. The fourth-order valence-corrected chi connectivity index (χ4v) is 2.73. The van der Waals surface area contributed by atoms with Crippen molar-refractivity contribution in [3.63, 3.8) is 0 Å². The molecule has 27 heavy (non-hydrogen) atoms. The molecule has 0 aliphatic carbocycles.